The van der Waals surface area contributed by atoms with E-state index >= 15 is 0 Å². The molecule has 0 atom stereocenters. The van der Waals surface area contributed by atoms with Gasteiger partial charge in [-0.3, -0.25) is 0 Å². The molecule has 3 heterocycles. The summed E-state index contributed by atoms with van der Waals surface area (Å²) in [4.78, 5) is 20.5. The molecule has 0 aliphatic rings. The van der Waals surface area contributed by atoms with Gasteiger partial charge in [-0.15, -0.1) is 0 Å². The van der Waals surface area contributed by atoms with E-state index in [1.807, 2.05) is 24.3 Å². The number of aromatic nitrogens is 5. The molecule has 0 aliphatic carbocycles. The summed E-state index contributed by atoms with van der Waals surface area (Å²) in [6.07, 6.45) is 1.58. The third-order valence-corrected chi connectivity index (χ3v) is 3.99. The summed E-state index contributed by atoms with van der Waals surface area (Å²) >= 11 is 6.01. The molecule has 1 aromatic carbocycles. The first kappa shape index (κ1) is 14.6. The number of rotatable bonds is 2. The maximum atomic E-state index is 12.1. The van der Waals surface area contributed by atoms with Crippen molar-refractivity contribution in [1.82, 2.24) is 24.3 Å². The number of pyridine rings is 1. The molecule has 0 saturated carbocycles. The number of hydrogen-bond acceptors (Lipinski definition) is 5. The molecular formula is C16H12ClN5O2. The maximum Gasteiger partial charge on any atom is 0.350 e. The fourth-order valence-electron chi connectivity index (χ4n) is 2.59. The zero-order valence-electron chi connectivity index (χ0n) is 12.9. The van der Waals surface area contributed by atoms with Crippen molar-refractivity contribution in [3.8, 4) is 17.1 Å². The molecule has 0 spiro atoms. The van der Waals surface area contributed by atoms with Crippen LogP contribution in [0.15, 0.2) is 45.7 Å². The van der Waals surface area contributed by atoms with Crippen molar-refractivity contribution in [3.63, 3.8) is 0 Å². The van der Waals surface area contributed by atoms with Crippen LogP contribution in [0.5, 0.6) is 0 Å². The van der Waals surface area contributed by atoms with Crippen molar-refractivity contribution < 1.29 is 4.42 Å². The summed E-state index contributed by atoms with van der Waals surface area (Å²) in [6, 6.07) is 9.04. The fourth-order valence-corrected chi connectivity index (χ4v) is 2.78. The lowest BCUT2D eigenvalue weighted by molar-refractivity contribution is 0.618. The number of nitrogens with zero attached hydrogens (tertiary/aromatic N) is 5. The summed E-state index contributed by atoms with van der Waals surface area (Å²) < 4.78 is 8.53. The number of benzene rings is 1. The molecule has 0 bridgehead atoms. The van der Waals surface area contributed by atoms with Crippen molar-refractivity contribution in [2.24, 2.45) is 7.05 Å². The summed E-state index contributed by atoms with van der Waals surface area (Å²) in [5.41, 5.74) is 2.41. The summed E-state index contributed by atoms with van der Waals surface area (Å²) in [5.74, 6) is 1.07. The van der Waals surface area contributed by atoms with Gasteiger partial charge in [-0.2, -0.15) is 5.10 Å². The van der Waals surface area contributed by atoms with Gasteiger partial charge in [0.05, 0.1) is 5.69 Å². The summed E-state index contributed by atoms with van der Waals surface area (Å²) in [5, 5.41) is 4.40. The lowest BCUT2D eigenvalue weighted by Crippen LogP contribution is -2.21. The van der Waals surface area contributed by atoms with Crippen LogP contribution in [0.1, 0.15) is 5.82 Å². The van der Waals surface area contributed by atoms with E-state index in [-0.39, 0.29) is 10.8 Å². The number of hydrogen-bond donors (Lipinski definition) is 0. The van der Waals surface area contributed by atoms with Crippen molar-refractivity contribution in [2.75, 3.05) is 0 Å². The highest BCUT2D eigenvalue weighted by atomic mass is 35.5. The van der Waals surface area contributed by atoms with Crippen LogP contribution < -0.4 is 5.69 Å². The first-order valence-electron chi connectivity index (χ1n) is 7.19. The van der Waals surface area contributed by atoms with E-state index in [1.165, 1.54) is 9.25 Å². The quantitative estimate of drug-likeness (QED) is 0.524. The van der Waals surface area contributed by atoms with E-state index in [1.54, 1.807) is 26.2 Å². The van der Waals surface area contributed by atoms with E-state index in [0.29, 0.717) is 22.8 Å². The van der Waals surface area contributed by atoms with Crippen LogP contribution in [0.3, 0.4) is 0 Å². The lowest BCUT2D eigenvalue weighted by Gasteiger charge is -2.03. The van der Waals surface area contributed by atoms with Gasteiger partial charge < -0.3 is 4.42 Å². The predicted octanol–water partition coefficient (Wildman–Crippen LogP) is 2.74. The molecule has 7 nitrogen and oxygen atoms in total. The minimum Gasteiger partial charge on any atom is -0.433 e. The van der Waals surface area contributed by atoms with Gasteiger partial charge in [-0.1, -0.05) is 11.6 Å². The third-order valence-electron chi connectivity index (χ3n) is 3.72. The third kappa shape index (κ3) is 2.21. The van der Waals surface area contributed by atoms with Crippen LogP contribution in [-0.4, -0.2) is 24.3 Å². The normalized spacial score (nSPS) is 11.3. The van der Waals surface area contributed by atoms with E-state index in [4.69, 9.17) is 16.0 Å². The molecule has 3 aromatic heterocycles. The van der Waals surface area contributed by atoms with Crippen LogP contribution in [0, 0.1) is 6.92 Å². The Bertz CT molecular complexity index is 1110. The van der Waals surface area contributed by atoms with E-state index in [2.05, 4.69) is 15.1 Å². The van der Waals surface area contributed by atoms with Crippen molar-refractivity contribution in [1.29, 1.82) is 0 Å². The van der Waals surface area contributed by atoms with E-state index in [0.717, 1.165) is 11.3 Å². The second kappa shape index (κ2) is 5.31. The first-order valence-corrected chi connectivity index (χ1v) is 7.57. The zero-order chi connectivity index (χ0) is 16.8. The van der Waals surface area contributed by atoms with Gasteiger partial charge in [0.15, 0.2) is 10.7 Å². The van der Waals surface area contributed by atoms with Gasteiger partial charge in [0.2, 0.25) is 5.89 Å². The Kier molecular flexibility index (Phi) is 3.24. The molecule has 24 heavy (non-hydrogen) atoms. The van der Waals surface area contributed by atoms with E-state index < -0.39 is 0 Å². The van der Waals surface area contributed by atoms with Crippen molar-refractivity contribution in [2.45, 2.75) is 6.92 Å². The molecule has 0 fully saturated rings. The largest absolute Gasteiger partial charge is 0.433 e. The highest BCUT2D eigenvalue weighted by Gasteiger charge is 2.13. The van der Waals surface area contributed by atoms with Crippen LogP contribution in [0.2, 0.25) is 5.15 Å². The molecule has 0 radical (unpaired) electrons. The smallest absolute Gasteiger partial charge is 0.350 e. The van der Waals surface area contributed by atoms with Gasteiger partial charge in [-0.25, -0.2) is 24.0 Å². The lowest BCUT2D eigenvalue weighted by atomic mass is 10.2. The molecular weight excluding hydrogens is 330 g/mol. The summed E-state index contributed by atoms with van der Waals surface area (Å²) in [6.45, 7) is 1.78. The Morgan fingerprint density at radius 2 is 1.92 bits per heavy atom. The minimum atomic E-state index is -0.194. The van der Waals surface area contributed by atoms with Crippen LogP contribution >= 0.6 is 11.6 Å². The van der Waals surface area contributed by atoms with Crippen molar-refractivity contribution in [3.05, 3.63) is 58.0 Å². The topological polar surface area (TPSA) is 78.7 Å². The highest BCUT2D eigenvalue weighted by Crippen LogP contribution is 2.28. The second-order valence-corrected chi connectivity index (χ2v) is 5.66. The monoisotopic (exact) mass is 341 g/mol. The minimum absolute atomic E-state index is 0.194. The van der Waals surface area contributed by atoms with Gasteiger partial charge in [-0.05, 0) is 37.3 Å². The molecule has 0 aliphatic heterocycles. The Hall–Kier alpha value is -2.93. The molecule has 0 unspecified atom stereocenters. The molecule has 0 saturated heterocycles. The molecule has 0 N–H and O–H groups in total. The van der Waals surface area contributed by atoms with Gasteiger partial charge >= 0.3 is 5.69 Å². The van der Waals surface area contributed by atoms with Crippen LogP contribution in [0.25, 0.3) is 28.2 Å². The molecule has 120 valence electrons. The molecule has 8 heteroatoms. The predicted molar refractivity (Wildman–Crippen MR) is 89.4 cm³/mol. The first-order chi connectivity index (χ1) is 11.5. The van der Waals surface area contributed by atoms with Crippen LogP contribution in [0.4, 0.5) is 0 Å². The van der Waals surface area contributed by atoms with E-state index in [9.17, 15) is 4.79 Å². The summed E-state index contributed by atoms with van der Waals surface area (Å²) in [7, 11) is 1.62. The average molecular weight is 342 g/mol. The number of halogens is 1. The molecule has 4 rings (SSSR count). The molecule has 0 amide bonds. The van der Waals surface area contributed by atoms with Gasteiger partial charge in [0.25, 0.3) is 0 Å². The van der Waals surface area contributed by atoms with Crippen LogP contribution in [-0.2, 0) is 7.05 Å². The average Bonchev–Trinajstić information content (AvgIpc) is 3.11. The Labute approximate surface area is 141 Å². The SMILES string of the molecule is Cc1nn(C)c(=O)n1-c1ccc(-c2nc3ccnc(Cl)c3o2)cc1. The van der Waals surface area contributed by atoms with Gasteiger partial charge in [0.1, 0.15) is 11.3 Å². The number of aryl methyl sites for hydroxylation is 2. The Balaban J connectivity index is 1.78. The Morgan fingerprint density at radius 1 is 1.17 bits per heavy atom. The maximum absolute atomic E-state index is 12.1. The Morgan fingerprint density at radius 3 is 2.54 bits per heavy atom. The van der Waals surface area contributed by atoms with Crippen molar-refractivity contribution >= 4 is 22.7 Å². The fraction of sp³-hybridized carbons (Fsp3) is 0.125. The molecule has 4 aromatic rings. The highest BCUT2D eigenvalue weighted by molar-refractivity contribution is 6.33. The number of fused-ring (bicyclic) bond motifs is 1. The van der Waals surface area contributed by atoms with Gasteiger partial charge in [0, 0.05) is 18.8 Å². The second-order valence-electron chi connectivity index (χ2n) is 5.30. The standard InChI is InChI=1S/C16H12ClN5O2/c1-9-20-21(2)16(23)22(9)11-5-3-10(4-6-11)15-19-12-7-8-18-14(17)13(12)24-15/h3-8H,1-2H3. The zero-order valence-corrected chi connectivity index (χ0v) is 13.7. The number of oxazole rings is 1.